The van der Waals surface area contributed by atoms with Crippen molar-refractivity contribution in [2.75, 3.05) is 6.54 Å². The summed E-state index contributed by atoms with van der Waals surface area (Å²) in [4.78, 5) is 51.3. The summed E-state index contributed by atoms with van der Waals surface area (Å²) in [7, 11) is 0. The van der Waals surface area contributed by atoms with Crippen molar-refractivity contribution < 1.29 is 23.9 Å². The van der Waals surface area contributed by atoms with Crippen LogP contribution >= 0.6 is 0 Å². The van der Waals surface area contributed by atoms with Gasteiger partial charge in [-0.2, -0.15) is 0 Å². The molecule has 0 spiro atoms. The number of rotatable bonds is 1. The molecule has 216 valence electrons. The molecule has 0 unspecified atom stereocenters. The van der Waals surface area contributed by atoms with Crippen LogP contribution in [0.1, 0.15) is 79.3 Å². The molecule has 1 N–H and O–H groups in total. The molecule has 2 aliphatic heterocycles. The average Bonchev–Trinajstić information content (AvgIpc) is 3.38. The number of fused-ring (bicyclic) bond motifs is 5. The quantitative estimate of drug-likeness (QED) is 0.540. The van der Waals surface area contributed by atoms with Crippen molar-refractivity contribution in [3.8, 4) is 5.88 Å². The summed E-state index contributed by atoms with van der Waals surface area (Å²) in [5, 5.41) is 2.86. The molecular formula is C31H42N4O5. The minimum atomic E-state index is -0.872. The van der Waals surface area contributed by atoms with Crippen LogP contribution in [-0.2, 0) is 20.7 Å². The van der Waals surface area contributed by atoms with E-state index < -0.39 is 35.3 Å². The van der Waals surface area contributed by atoms with Crippen LogP contribution in [0.2, 0.25) is 0 Å². The van der Waals surface area contributed by atoms with Gasteiger partial charge in [0.15, 0.2) is 5.78 Å². The monoisotopic (exact) mass is 550 g/mol. The van der Waals surface area contributed by atoms with Gasteiger partial charge in [0.1, 0.15) is 23.4 Å². The lowest BCUT2D eigenvalue weighted by Gasteiger charge is -2.35. The molecule has 2 fully saturated rings. The molecule has 9 heteroatoms. The SMILES string of the molecule is CC(=O)[C@@H]1[C@H](C)[C@@H]2CN1C(=O)[C@H](C(C)(C)C)NC(=O)O[C@]1(C)C[C@H]1CCCCCc1nc3ccccc3nc1O2. The molecule has 2 bridgehead atoms. The lowest BCUT2D eigenvalue weighted by Crippen LogP contribution is -2.57. The van der Waals surface area contributed by atoms with Gasteiger partial charge in [0.25, 0.3) is 0 Å². The molecule has 1 aliphatic carbocycles. The Morgan fingerprint density at radius 3 is 2.48 bits per heavy atom. The van der Waals surface area contributed by atoms with E-state index in [1.54, 1.807) is 4.90 Å². The van der Waals surface area contributed by atoms with Crippen LogP contribution in [0.4, 0.5) is 4.79 Å². The largest absolute Gasteiger partial charge is 0.471 e. The van der Waals surface area contributed by atoms with Gasteiger partial charge in [0, 0.05) is 11.8 Å². The molecule has 40 heavy (non-hydrogen) atoms. The van der Waals surface area contributed by atoms with Gasteiger partial charge in [-0.25, -0.2) is 14.8 Å². The summed E-state index contributed by atoms with van der Waals surface area (Å²) < 4.78 is 12.4. The summed E-state index contributed by atoms with van der Waals surface area (Å²) in [6, 6.07) is 6.19. The Balaban J connectivity index is 1.51. The zero-order chi connectivity index (χ0) is 28.8. The van der Waals surface area contributed by atoms with Gasteiger partial charge in [-0.15, -0.1) is 0 Å². The van der Waals surface area contributed by atoms with E-state index in [4.69, 9.17) is 19.4 Å². The highest BCUT2D eigenvalue weighted by Gasteiger charge is 2.54. The number of nitrogens with zero attached hydrogens (tertiary/aromatic N) is 3. The van der Waals surface area contributed by atoms with Crippen LogP contribution < -0.4 is 10.1 Å². The Morgan fingerprint density at radius 1 is 1.10 bits per heavy atom. The molecule has 1 saturated carbocycles. The van der Waals surface area contributed by atoms with Gasteiger partial charge in [-0.3, -0.25) is 9.59 Å². The number of ether oxygens (including phenoxy) is 2. The van der Waals surface area contributed by atoms with Gasteiger partial charge in [0.2, 0.25) is 11.8 Å². The average molecular weight is 551 g/mol. The second-order valence-corrected chi connectivity index (χ2v) is 13.2. The summed E-state index contributed by atoms with van der Waals surface area (Å²) in [5.74, 6) is 0.0697. The Kier molecular flexibility index (Phi) is 7.52. The van der Waals surface area contributed by atoms with Crippen LogP contribution in [0.25, 0.3) is 11.0 Å². The fraction of sp³-hybridized carbons (Fsp3) is 0.645. The Morgan fingerprint density at radius 2 is 1.80 bits per heavy atom. The number of carbonyl (C=O) groups excluding carboxylic acids is 3. The molecule has 1 saturated heterocycles. The van der Waals surface area contributed by atoms with Crippen molar-refractivity contribution in [3.63, 3.8) is 0 Å². The first-order valence-corrected chi connectivity index (χ1v) is 14.6. The van der Waals surface area contributed by atoms with E-state index in [1.807, 2.05) is 58.9 Å². The van der Waals surface area contributed by atoms with Gasteiger partial charge in [-0.05, 0) is 57.1 Å². The molecule has 9 nitrogen and oxygen atoms in total. The number of amides is 2. The number of hydrogen-bond acceptors (Lipinski definition) is 7. The third kappa shape index (κ3) is 5.65. The molecule has 5 rings (SSSR count). The number of ketones is 1. The molecule has 1 aromatic heterocycles. The predicted octanol–water partition coefficient (Wildman–Crippen LogP) is 4.85. The highest BCUT2D eigenvalue weighted by molar-refractivity contribution is 5.92. The molecule has 3 aliphatic rings. The molecule has 2 aromatic rings. The van der Waals surface area contributed by atoms with Crippen LogP contribution in [-0.4, -0.2) is 63.0 Å². The number of nitrogens with one attached hydrogen (secondary N) is 1. The van der Waals surface area contributed by atoms with Crippen molar-refractivity contribution >= 4 is 28.8 Å². The van der Waals surface area contributed by atoms with Crippen LogP contribution in [0, 0.1) is 17.3 Å². The number of benzene rings is 1. The van der Waals surface area contributed by atoms with E-state index >= 15 is 0 Å². The maximum atomic E-state index is 14.1. The number of carbonyl (C=O) groups is 3. The third-order valence-corrected chi connectivity index (χ3v) is 8.89. The van der Waals surface area contributed by atoms with Gasteiger partial charge >= 0.3 is 6.09 Å². The third-order valence-electron chi connectivity index (χ3n) is 8.89. The van der Waals surface area contributed by atoms with Crippen LogP contribution in [0.15, 0.2) is 24.3 Å². The van der Waals surface area contributed by atoms with E-state index in [2.05, 4.69) is 5.32 Å². The fourth-order valence-electron chi connectivity index (χ4n) is 6.34. The van der Waals surface area contributed by atoms with Crippen LogP contribution in [0.5, 0.6) is 5.88 Å². The summed E-state index contributed by atoms with van der Waals surface area (Å²) >= 11 is 0. The van der Waals surface area contributed by atoms with E-state index in [0.717, 1.165) is 55.3 Å². The first-order chi connectivity index (χ1) is 18.9. The predicted molar refractivity (Wildman–Crippen MR) is 151 cm³/mol. The highest BCUT2D eigenvalue weighted by Crippen LogP contribution is 2.49. The number of aromatic nitrogens is 2. The van der Waals surface area contributed by atoms with Crippen molar-refractivity contribution in [2.45, 2.75) is 104 Å². The topological polar surface area (TPSA) is 111 Å². The van der Waals surface area contributed by atoms with Gasteiger partial charge in [-0.1, -0.05) is 52.7 Å². The standard InChI is InChI=1S/C31H42N4O5/c1-18-24-17-35(25(18)19(2)36)28(37)26(30(3,4)5)34-29(38)40-31(6)16-20(31)12-8-7-9-15-23-27(39-24)33-22-14-11-10-13-21(22)32-23/h10-11,13-14,18,20,24-26H,7-9,12,15-17H2,1-6H3,(H,34,38)/t18-,20-,24+,25+,26-,31-/m1/s1. The van der Waals surface area contributed by atoms with Crippen molar-refractivity contribution in [1.29, 1.82) is 0 Å². The van der Waals surface area contributed by atoms with Crippen molar-refractivity contribution in [1.82, 2.24) is 20.2 Å². The molecule has 1 aromatic carbocycles. The second kappa shape index (κ2) is 10.6. The Labute approximate surface area is 236 Å². The summed E-state index contributed by atoms with van der Waals surface area (Å²) in [6.45, 7) is 11.3. The smallest absolute Gasteiger partial charge is 0.408 e. The molecule has 2 amide bonds. The van der Waals surface area contributed by atoms with Gasteiger partial charge < -0.3 is 19.7 Å². The fourth-order valence-corrected chi connectivity index (χ4v) is 6.34. The zero-order valence-corrected chi connectivity index (χ0v) is 24.5. The van der Waals surface area contributed by atoms with Crippen LogP contribution in [0.3, 0.4) is 0 Å². The Hall–Kier alpha value is -3.23. The van der Waals surface area contributed by atoms with E-state index in [9.17, 15) is 14.4 Å². The lowest BCUT2D eigenvalue weighted by molar-refractivity contribution is -0.141. The second-order valence-electron chi connectivity index (χ2n) is 13.2. The summed E-state index contributed by atoms with van der Waals surface area (Å²) in [6.07, 6.45) is 4.46. The summed E-state index contributed by atoms with van der Waals surface area (Å²) in [5.41, 5.74) is 1.24. The lowest BCUT2D eigenvalue weighted by atomic mass is 9.85. The number of Topliss-reactive ketones (excluding diaryl/α,β-unsaturated/α-hetero) is 1. The minimum absolute atomic E-state index is 0.119. The highest BCUT2D eigenvalue weighted by atomic mass is 16.6. The number of hydrogen-bond donors (Lipinski definition) is 1. The van der Waals surface area contributed by atoms with Gasteiger partial charge in [0.05, 0.1) is 23.6 Å². The zero-order valence-electron chi connectivity index (χ0n) is 24.5. The maximum absolute atomic E-state index is 14.1. The first-order valence-electron chi connectivity index (χ1n) is 14.6. The number of aryl methyl sites for hydroxylation is 1. The normalized spacial score (nSPS) is 31.6. The molecule has 3 heterocycles. The first kappa shape index (κ1) is 28.3. The molecular weight excluding hydrogens is 508 g/mol. The van der Waals surface area contributed by atoms with E-state index in [0.29, 0.717) is 11.8 Å². The maximum Gasteiger partial charge on any atom is 0.408 e. The molecule has 6 atom stereocenters. The molecule has 0 radical (unpaired) electrons. The van der Waals surface area contributed by atoms with Crippen molar-refractivity contribution in [3.05, 3.63) is 30.0 Å². The number of para-hydroxylation sites is 2. The number of alkyl carbamates (subject to hydrolysis) is 1. The Bertz CT molecular complexity index is 1310. The minimum Gasteiger partial charge on any atom is -0.471 e. The van der Waals surface area contributed by atoms with E-state index in [-0.39, 0.29) is 24.2 Å². The van der Waals surface area contributed by atoms with Crippen molar-refractivity contribution in [2.24, 2.45) is 17.3 Å². The van der Waals surface area contributed by atoms with E-state index in [1.165, 1.54) is 6.92 Å².